The first kappa shape index (κ1) is 13.3. The van der Waals surface area contributed by atoms with Gasteiger partial charge in [0.05, 0.1) is 0 Å². The summed E-state index contributed by atoms with van der Waals surface area (Å²) < 4.78 is 0. The minimum Gasteiger partial charge on any atom is -0.317 e. The zero-order valence-electron chi connectivity index (χ0n) is 9.78. The summed E-state index contributed by atoms with van der Waals surface area (Å²) >= 11 is 17.0. The highest BCUT2D eigenvalue weighted by atomic mass is 35.5. The molecule has 18 heavy (non-hydrogen) atoms. The molecule has 0 unspecified atom stereocenters. The van der Waals surface area contributed by atoms with Crippen LogP contribution in [-0.4, -0.2) is 34.9 Å². The van der Waals surface area contributed by atoms with Gasteiger partial charge in [0.2, 0.25) is 0 Å². The first-order valence-corrected chi connectivity index (χ1v) is 6.30. The number of carbonyl (C=O) groups excluding carboxylic acids is 1. The Bertz CT molecular complexity index is 571. The lowest BCUT2D eigenvalue weighted by Crippen LogP contribution is -2.26. The van der Waals surface area contributed by atoms with Crippen molar-refractivity contribution in [2.75, 3.05) is 14.1 Å². The van der Waals surface area contributed by atoms with Crippen LogP contribution in [0.2, 0.25) is 10.0 Å². The van der Waals surface area contributed by atoms with Crippen molar-refractivity contribution >= 4 is 52.5 Å². The predicted octanol–water partition coefficient (Wildman–Crippen LogP) is 3.02. The number of halogens is 2. The molecule has 1 amide bonds. The molecule has 1 saturated heterocycles. The van der Waals surface area contributed by atoms with Gasteiger partial charge >= 0.3 is 0 Å². The molecule has 0 bridgehead atoms. The van der Waals surface area contributed by atoms with Crippen molar-refractivity contribution < 1.29 is 4.79 Å². The zero-order chi connectivity index (χ0) is 13.4. The molecule has 1 fully saturated rings. The van der Waals surface area contributed by atoms with Crippen LogP contribution in [0.1, 0.15) is 5.56 Å². The molecule has 0 radical (unpaired) electrons. The lowest BCUT2D eigenvalue weighted by Gasteiger charge is -2.11. The van der Waals surface area contributed by atoms with Crippen LogP contribution in [0, 0.1) is 0 Å². The molecule has 1 aliphatic heterocycles. The van der Waals surface area contributed by atoms with Crippen LogP contribution in [0.5, 0.6) is 0 Å². The van der Waals surface area contributed by atoms with Gasteiger partial charge in [-0.2, -0.15) is 0 Å². The number of benzene rings is 1. The molecule has 1 aromatic rings. The fourth-order valence-corrected chi connectivity index (χ4v) is 2.30. The van der Waals surface area contributed by atoms with Crippen LogP contribution in [0.3, 0.4) is 0 Å². The Morgan fingerprint density at radius 3 is 2.39 bits per heavy atom. The normalized spacial score (nSPS) is 18.1. The molecule has 1 aliphatic rings. The van der Waals surface area contributed by atoms with E-state index in [0.29, 0.717) is 20.9 Å². The zero-order valence-corrected chi connectivity index (χ0v) is 12.1. The van der Waals surface area contributed by atoms with Gasteiger partial charge in [0, 0.05) is 24.1 Å². The molecule has 0 N–H and O–H groups in total. The van der Waals surface area contributed by atoms with E-state index in [9.17, 15) is 4.79 Å². The molecule has 1 heterocycles. The third-order valence-electron chi connectivity index (χ3n) is 2.71. The monoisotopic (exact) mass is 300 g/mol. The summed E-state index contributed by atoms with van der Waals surface area (Å²) in [5.74, 6) is -0.145. The van der Waals surface area contributed by atoms with Crippen molar-refractivity contribution in [1.29, 1.82) is 0 Å². The van der Waals surface area contributed by atoms with Gasteiger partial charge in [-0.3, -0.25) is 9.69 Å². The quantitative estimate of drug-likeness (QED) is 0.588. The Labute approximate surface area is 121 Å². The van der Waals surface area contributed by atoms with Crippen LogP contribution in [0.25, 0.3) is 6.08 Å². The Hall–Kier alpha value is -1.10. The number of rotatable bonds is 1. The predicted molar refractivity (Wildman–Crippen MR) is 77.6 cm³/mol. The summed E-state index contributed by atoms with van der Waals surface area (Å²) in [6.07, 6.45) is 1.71. The summed E-state index contributed by atoms with van der Waals surface area (Å²) in [5, 5.41) is 1.52. The molecule has 2 rings (SSSR count). The Balaban J connectivity index is 2.45. The Morgan fingerprint density at radius 2 is 1.89 bits per heavy atom. The van der Waals surface area contributed by atoms with Gasteiger partial charge in [-0.05, 0) is 36.0 Å². The molecule has 1 aromatic carbocycles. The fourth-order valence-electron chi connectivity index (χ4n) is 1.65. The number of likely N-dealkylation sites (N-methyl/N-ethyl adjacent to an activating group) is 2. The van der Waals surface area contributed by atoms with E-state index in [1.807, 2.05) is 0 Å². The van der Waals surface area contributed by atoms with E-state index in [4.69, 9.17) is 35.4 Å². The SMILES string of the molecule is CN1C(=O)/C(=C/c2ccc(Cl)cc2Cl)N(C)C1=S. The molecule has 0 spiro atoms. The standard InChI is InChI=1S/C12H10Cl2N2OS/c1-15-10(11(17)16(2)12(15)18)5-7-3-4-8(13)6-9(7)14/h3-6H,1-2H3/b10-5-. The molecular weight excluding hydrogens is 291 g/mol. The lowest BCUT2D eigenvalue weighted by atomic mass is 10.2. The molecule has 0 aromatic heterocycles. The minimum atomic E-state index is -0.145. The van der Waals surface area contributed by atoms with E-state index in [1.54, 1.807) is 43.3 Å². The maximum absolute atomic E-state index is 12.0. The smallest absolute Gasteiger partial charge is 0.276 e. The van der Waals surface area contributed by atoms with Gasteiger partial charge in [0.15, 0.2) is 5.11 Å². The van der Waals surface area contributed by atoms with Gasteiger partial charge in [-0.1, -0.05) is 29.3 Å². The first-order chi connectivity index (χ1) is 8.41. The molecular formula is C12H10Cl2N2OS. The summed E-state index contributed by atoms with van der Waals surface area (Å²) in [4.78, 5) is 15.0. The molecule has 6 heteroatoms. The van der Waals surface area contributed by atoms with Gasteiger partial charge in [-0.15, -0.1) is 0 Å². The van der Waals surface area contributed by atoms with Crippen molar-refractivity contribution in [3.8, 4) is 0 Å². The van der Waals surface area contributed by atoms with Crippen molar-refractivity contribution in [3.63, 3.8) is 0 Å². The summed E-state index contributed by atoms with van der Waals surface area (Å²) in [5.41, 5.74) is 1.22. The Morgan fingerprint density at radius 1 is 1.22 bits per heavy atom. The average molecular weight is 301 g/mol. The molecule has 0 saturated carbocycles. The fraction of sp³-hybridized carbons (Fsp3) is 0.167. The lowest BCUT2D eigenvalue weighted by molar-refractivity contribution is -0.121. The van der Waals surface area contributed by atoms with Crippen LogP contribution < -0.4 is 0 Å². The highest BCUT2D eigenvalue weighted by molar-refractivity contribution is 7.80. The van der Waals surface area contributed by atoms with Crippen LogP contribution >= 0.6 is 35.4 Å². The van der Waals surface area contributed by atoms with Crippen molar-refractivity contribution in [3.05, 3.63) is 39.5 Å². The van der Waals surface area contributed by atoms with Gasteiger partial charge in [0.1, 0.15) is 5.70 Å². The van der Waals surface area contributed by atoms with Crippen molar-refractivity contribution in [2.24, 2.45) is 0 Å². The third-order valence-corrected chi connectivity index (χ3v) is 3.82. The number of amides is 1. The van der Waals surface area contributed by atoms with Gasteiger partial charge < -0.3 is 4.90 Å². The maximum atomic E-state index is 12.0. The average Bonchev–Trinajstić information content (AvgIpc) is 2.50. The summed E-state index contributed by atoms with van der Waals surface area (Å²) in [7, 11) is 3.39. The van der Waals surface area contributed by atoms with Crippen LogP contribution in [0.4, 0.5) is 0 Å². The van der Waals surface area contributed by atoms with E-state index in [0.717, 1.165) is 5.56 Å². The van der Waals surface area contributed by atoms with E-state index in [-0.39, 0.29) is 5.91 Å². The third kappa shape index (κ3) is 2.23. The first-order valence-electron chi connectivity index (χ1n) is 5.14. The molecule has 0 atom stereocenters. The summed E-state index contributed by atoms with van der Waals surface area (Å²) in [6, 6.07) is 5.12. The van der Waals surface area contributed by atoms with Gasteiger partial charge in [-0.25, -0.2) is 0 Å². The van der Waals surface area contributed by atoms with Crippen LogP contribution in [-0.2, 0) is 4.79 Å². The molecule has 94 valence electrons. The summed E-state index contributed by atoms with van der Waals surface area (Å²) in [6.45, 7) is 0. The molecule has 3 nitrogen and oxygen atoms in total. The minimum absolute atomic E-state index is 0.145. The van der Waals surface area contributed by atoms with E-state index in [1.165, 1.54) is 4.90 Å². The number of thiocarbonyl (C=S) groups is 1. The second-order valence-corrected chi connectivity index (χ2v) is 5.11. The second-order valence-electron chi connectivity index (χ2n) is 3.90. The maximum Gasteiger partial charge on any atom is 0.276 e. The highest BCUT2D eigenvalue weighted by Gasteiger charge is 2.32. The number of nitrogens with zero attached hydrogens (tertiary/aromatic N) is 2. The van der Waals surface area contributed by atoms with Crippen molar-refractivity contribution in [2.45, 2.75) is 0 Å². The van der Waals surface area contributed by atoms with Crippen molar-refractivity contribution in [1.82, 2.24) is 9.80 Å². The number of hydrogen-bond acceptors (Lipinski definition) is 2. The number of hydrogen-bond donors (Lipinski definition) is 0. The van der Waals surface area contributed by atoms with E-state index < -0.39 is 0 Å². The van der Waals surface area contributed by atoms with E-state index >= 15 is 0 Å². The van der Waals surface area contributed by atoms with E-state index in [2.05, 4.69) is 0 Å². The number of carbonyl (C=O) groups is 1. The van der Waals surface area contributed by atoms with Crippen LogP contribution in [0.15, 0.2) is 23.9 Å². The second kappa shape index (κ2) is 4.88. The largest absolute Gasteiger partial charge is 0.317 e. The van der Waals surface area contributed by atoms with Gasteiger partial charge in [0.25, 0.3) is 5.91 Å². The Kier molecular flexibility index (Phi) is 3.61. The molecule has 0 aliphatic carbocycles. The topological polar surface area (TPSA) is 23.6 Å². The highest BCUT2D eigenvalue weighted by Crippen LogP contribution is 2.26.